The summed E-state index contributed by atoms with van der Waals surface area (Å²) < 4.78 is 59.1. The fraction of sp³-hybridized carbons (Fsp3) is 0.250. The van der Waals surface area contributed by atoms with E-state index in [9.17, 15) is 22.4 Å². The van der Waals surface area contributed by atoms with Crippen LogP contribution in [0.1, 0.15) is 34.3 Å². The van der Waals surface area contributed by atoms with Gasteiger partial charge < -0.3 is 15.0 Å². The smallest absolute Gasteiger partial charge is 0.396 e. The van der Waals surface area contributed by atoms with E-state index in [0.29, 0.717) is 41.5 Å². The molecule has 1 aliphatic rings. The highest BCUT2D eigenvalue weighted by molar-refractivity contribution is 6.35. The van der Waals surface area contributed by atoms with Gasteiger partial charge in [-0.05, 0) is 29.0 Å². The second kappa shape index (κ2) is 12.6. The number of hydrogen-bond donors (Lipinski definition) is 1. The van der Waals surface area contributed by atoms with Crippen molar-refractivity contribution in [3.05, 3.63) is 93.7 Å². The van der Waals surface area contributed by atoms with Crippen LogP contribution < -0.4 is 5.32 Å². The number of oxime groups is 2. The zero-order valence-electron chi connectivity index (χ0n) is 22.1. The predicted octanol–water partition coefficient (Wildman–Crippen LogP) is 6.28. The zero-order valence-corrected chi connectivity index (χ0v) is 23.6. The Morgan fingerprint density at radius 2 is 1.91 bits per heavy atom. The third-order valence-corrected chi connectivity index (χ3v) is 7.26. The number of fused-ring (bicyclic) bond motifs is 1. The minimum atomic E-state index is -4.96. The maximum absolute atomic E-state index is 14.5. The quantitative estimate of drug-likeness (QED) is 0.0725. The molecule has 0 bridgehead atoms. The molecule has 3 aromatic carbocycles. The van der Waals surface area contributed by atoms with Crippen molar-refractivity contribution >= 4 is 51.8 Å². The average Bonchev–Trinajstić information content (AvgIpc) is 3.67. The number of alkyl halides is 3. The summed E-state index contributed by atoms with van der Waals surface area (Å²) in [6.45, 7) is 1.05. The predicted molar refractivity (Wildman–Crippen MR) is 152 cm³/mol. The van der Waals surface area contributed by atoms with E-state index in [1.807, 2.05) is 0 Å². The van der Waals surface area contributed by atoms with E-state index in [1.54, 1.807) is 35.3 Å². The molecule has 0 aliphatic carbocycles. The van der Waals surface area contributed by atoms with Gasteiger partial charge >= 0.3 is 6.18 Å². The molecule has 0 radical (unpaired) electrons. The van der Waals surface area contributed by atoms with Crippen LogP contribution in [0.25, 0.3) is 10.8 Å². The lowest BCUT2D eigenvalue weighted by atomic mass is 9.85. The zero-order chi connectivity index (χ0) is 30.6. The van der Waals surface area contributed by atoms with Crippen LogP contribution in [0.5, 0.6) is 0 Å². The van der Waals surface area contributed by atoms with Crippen LogP contribution >= 0.6 is 23.2 Å². The third-order valence-electron chi connectivity index (χ3n) is 6.71. The van der Waals surface area contributed by atoms with E-state index in [1.165, 1.54) is 24.7 Å². The van der Waals surface area contributed by atoms with Gasteiger partial charge in [-0.25, -0.2) is 9.37 Å². The van der Waals surface area contributed by atoms with Crippen molar-refractivity contribution in [1.29, 1.82) is 0 Å². The van der Waals surface area contributed by atoms with Crippen molar-refractivity contribution in [2.75, 3.05) is 13.2 Å². The maximum atomic E-state index is 14.5. The largest absolute Gasteiger partial charge is 0.435 e. The normalized spacial score (nSPS) is 16.8. The lowest BCUT2D eigenvalue weighted by molar-refractivity contribution is -0.275. The molecule has 1 aliphatic heterocycles. The molecule has 43 heavy (non-hydrogen) atoms. The first-order valence-electron chi connectivity index (χ1n) is 12.8. The van der Waals surface area contributed by atoms with Gasteiger partial charge in [0.25, 0.3) is 11.5 Å². The Kier molecular flexibility index (Phi) is 8.83. The summed E-state index contributed by atoms with van der Waals surface area (Å²) in [6.07, 6.45) is -0.588. The number of amides is 1. The van der Waals surface area contributed by atoms with E-state index in [2.05, 4.69) is 25.7 Å². The number of aromatic nitrogens is 3. The summed E-state index contributed by atoms with van der Waals surface area (Å²) in [5.74, 6) is -1.47. The first-order chi connectivity index (χ1) is 20.6. The molecule has 224 valence electrons. The first kappa shape index (κ1) is 30.2. The molecule has 1 unspecified atom stereocenters. The number of halogens is 6. The standard InChI is InChI=1S/C28H22Cl2F4N6O3/c29-22-12-17(13-23(30)25(22)31)27(28(32,33)34)14-24(39-43-27)20-6-7-21(19-5-2-1-4-18(19)20)26(41)36-8-9-38-42-11-3-10-40-16-35-15-37-40/h1-2,4-7,9,12-13,15-16H,3,8,10-11,14H2,(H,36,41). The summed E-state index contributed by atoms with van der Waals surface area (Å²) in [5, 5.41) is 14.1. The van der Waals surface area contributed by atoms with Crippen LogP contribution in [-0.2, 0) is 21.8 Å². The minimum Gasteiger partial charge on any atom is -0.396 e. The highest BCUT2D eigenvalue weighted by Crippen LogP contribution is 2.50. The number of carbonyl (C=O) groups is 1. The molecular formula is C28H22Cl2F4N6O3. The molecule has 0 saturated heterocycles. The summed E-state index contributed by atoms with van der Waals surface area (Å²) in [6, 6.07) is 11.4. The third kappa shape index (κ3) is 6.27. The topological polar surface area (TPSA) is 103 Å². The monoisotopic (exact) mass is 636 g/mol. The van der Waals surface area contributed by atoms with Gasteiger partial charge in [0, 0.05) is 36.1 Å². The van der Waals surface area contributed by atoms with Gasteiger partial charge in [-0.3, -0.25) is 9.48 Å². The first-order valence-corrected chi connectivity index (χ1v) is 13.6. The number of hydrogen-bond acceptors (Lipinski definition) is 7. The lowest BCUT2D eigenvalue weighted by Gasteiger charge is -2.29. The van der Waals surface area contributed by atoms with E-state index in [-0.39, 0.29) is 12.3 Å². The molecule has 1 N–H and O–H groups in total. The molecular weight excluding hydrogens is 615 g/mol. The molecule has 15 heteroatoms. The summed E-state index contributed by atoms with van der Waals surface area (Å²) >= 11 is 11.6. The number of aryl methyl sites for hydroxylation is 1. The van der Waals surface area contributed by atoms with Gasteiger partial charge in [-0.1, -0.05) is 63.8 Å². The Hall–Kier alpha value is -4.23. The Labute approximate surface area is 252 Å². The fourth-order valence-corrected chi connectivity index (χ4v) is 5.09. The van der Waals surface area contributed by atoms with E-state index >= 15 is 0 Å². The number of nitrogens with zero attached hydrogens (tertiary/aromatic N) is 5. The maximum Gasteiger partial charge on any atom is 0.435 e. The van der Waals surface area contributed by atoms with Crippen molar-refractivity contribution in [3.63, 3.8) is 0 Å². The molecule has 1 atom stereocenters. The molecule has 5 rings (SSSR count). The Morgan fingerprint density at radius 3 is 2.60 bits per heavy atom. The van der Waals surface area contributed by atoms with Gasteiger partial charge in [0.2, 0.25) is 0 Å². The van der Waals surface area contributed by atoms with Gasteiger partial charge in [0.15, 0.2) is 5.82 Å². The Balaban J connectivity index is 1.30. The van der Waals surface area contributed by atoms with Gasteiger partial charge in [0.05, 0.1) is 28.5 Å². The lowest BCUT2D eigenvalue weighted by Crippen LogP contribution is -2.42. The molecule has 2 heterocycles. The van der Waals surface area contributed by atoms with Crippen molar-refractivity contribution in [2.45, 2.75) is 31.2 Å². The molecule has 1 amide bonds. The number of carbonyl (C=O) groups excluding carboxylic acids is 1. The van der Waals surface area contributed by atoms with E-state index < -0.39 is 45.5 Å². The van der Waals surface area contributed by atoms with Crippen molar-refractivity contribution in [1.82, 2.24) is 20.1 Å². The number of nitrogens with one attached hydrogen (secondary N) is 1. The van der Waals surface area contributed by atoms with Gasteiger partial charge in [0.1, 0.15) is 19.3 Å². The van der Waals surface area contributed by atoms with Crippen LogP contribution in [0.2, 0.25) is 10.0 Å². The second-order valence-electron chi connectivity index (χ2n) is 9.43. The average molecular weight is 637 g/mol. The highest BCUT2D eigenvalue weighted by Gasteiger charge is 2.62. The number of benzene rings is 3. The van der Waals surface area contributed by atoms with Crippen LogP contribution in [0, 0.1) is 5.82 Å². The van der Waals surface area contributed by atoms with Crippen molar-refractivity contribution in [3.8, 4) is 0 Å². The highest BCUT2D eigenvalue weighted by atomic mass is 35.5. The van der Waals surface area contributed by atoms with Crippen LogP contribution in [0.15, 0.2) is 71.5 Å². The fourth-order valence-electron chi connectivity index (χ4n) is 4.60. The van der Waals surface area contributed by atoms with Crippen molar-refractivity contribution < 1.29 is 32.0 Å². The Bertz CT molecular complexity index is 1670. The van der Waals surface area contributed by atoms with E-state index in [4.69, 9.17) is 32.9 Å². The van der Waals surface area contributed by atoms with Crippen LogP contribution in [-0.4, -0.2) is 51.9 Å². The molecule has 9 nitrogen and oxygen atoms in total. The van der Waals surface area contributed by atoms with Gasteiger partial charge in [-0.15, -0.1) is 0 Å². The van der Waals surface area contributed by atoms with E-state index in [0.717, 1.165) is 12.1 Å². The summed E-state index contributed by atoms with van der Waals surface area (Å²) in [7, 11) is 0. The van der Waals surface area contributed by atoms with Gasteiger partial charge in [-0.2, -0.15) is 18.3 Å². The van der Waals surface area contributed by atoms with Crippen molar-refractivity contribution in [2.24, 2.45) is 10.3 Å². The number of rotatable bonds is 10. The molecule has 0 spiro atoms. The van der Waals surface area contributed by atoms with Crippen LogP contribution in [0.4, 0.5) is 17.6 Å². The van der Waals surface area contributed by atoms with Crippen LogP contribution in [0.3, 0.4) is 0 Å². The second-order valence-corrected chi connectivity index (χ2v) is 10.2. The SMILES string of the molecule is O=C(NCC=NOCCCn1cncn1)c1ccc(C2=NOC(c3cc(Cl)c(F)c(Cl)c3)(C(F)(F)F)C2)c2ccccc12. The Morgan fingerprint density at radius 1 is 1.16 bits per heavy atom. The minimum absolute atomic E-state index is 0.0230. The molecule has 0 saturated carbocycles. The molecule has 1 aromatic heterocycles. The molecule has 4 aromatic rings. The summed E-state index contributed by atoms with van der Waals surface area (Å²) in [5.41, 5.74) is -2.83. The molecule has 0 fully saturated rings. The summed E-state index contributed by atoms with van der Waals surface area (Å²) in [4.78, 5) is 27.1.